The number of halogens is 1. The van der Waals surface area contributed by atoms with Crippen LogP contribution in [0.4, 0.5) is 11.5 Å². The normalized spacial score (nSPS) is 10.6. The number of nitro groups is 1. The second-order valence-electron chi connectivity index (χ2n) is 3.58. The summed E-state index contributed by atoms with van der Waals surface area (Å²) in [7, 11) is 0. The maximum atomic E-state index is 11.0. The Morgan fingerprint density at radius 2 is 2.11 bits per heavy atom. The third-order valence-corrected chi connectivity index (χ3v) is 2.96. The topological polar surface area (TPSA) is 113 Å². The Kier molecular flexibility index (Phi) is 2.87. The molecule has 0 bridgehead atoms. The van der Waals surface area contributed by atoms with E-state index >= 15 is 0 Å². The molecule has 0 atom stereocenters. The Bertz CT molecular complexity index is 638. The Balaban J connectivity index is 2.75. The van der Waals surface area contributed by atoms with Crippen molar-refractivity contribution in [2.24, 2.45) is 0 Å². The number of hydrogen-bond donors (Lipinski definition) is 1. The fourth-order valence-corrected chi connectivity index (χ4v) is 1.66. The van der Waals surface area contributed by atoms with Gasteiger partial charge in [0.25, 0.3) is 0 Å². The molecule has 0 saturated heterocycles. The molecule has 0 radical (unpaired) electrons. The van der Waals surface area contributed by atoms with Crippen molar-refractivity contribution in [2.75, 3.05) is 5.73 Å². The first-order valence-electron chi connectivity index (χ1n) is 4.90. The van der Waals surface area contributed by atoms with Crippen LogP contribution in [-0.2, 0) is 0 Å². The van der Waals surface area contributed by atoms with E-state index in [1.807, 2.05) is 0 Å². The average molecular weight is 269 g/mol. The summed E-state index contributed by atoms with van der Waals surface area (Å²) < 4.78 is 1.29. The molecular weight excluding hydrogens is 260 g/mol. The van der Waals surface area contributed by atoms with Crippen molar-refractivity contribution in [2.45, 2.75) is 13.8 Å². The molecule has 0 spiro atoms. The van der Waals surface area contributed by atoms with Gasteiger partial charge in [-0.25, -0.2) is 14.6 Å². The van der Waals surface area contributed by atoms with Gasteiger partial charge < -0.3 is 5.73 Å². The molecule has 0 aliphatic heterocycles. The fraction of sp³-hybridized carbons (Fsp3) is 0.222. The van der Waals surface area contributed by atoms with E-state index in [1.165, 1.54) is 4.68 Å². The average Bonchev–Trinajstić information content (AvgIpc) is 2.56. The van der Waals surface area contributed by atoms with E-state index in [9.17, 15) is 10.1 Å². The predicted molar refractivity (Wildman–Crippen MR) is 64.7 cm³/mol. The number of hydrogen-bond acceptors (Lipinski definition) is 6. The van der Waals surface area contributed by atoms with Crippen LogP contribution >= 0.6 is 11.6 Å². The molecular formula is C9H9ClN6O2. The molecule has 8 nitrogen and oxygen atoms in total. The first kappa shape index (κ1) is 12.2. The lowest BCUT2D eigenvalue weighted by Gasteiger charge is -2.04. The van der Waals surface area contributed by atoms with E-state index < -0.39 is 4.92 Å². The summed E-state index contributed by atoms with van der Waals surface area (Å²) in [5.74, 6) is -0.214. The lowest BCUT2D eigenvalue weighted by Crippen LogP contribution is -2.09. The standard InChI is InChI=1S/C9H9ClN6O2/c1-4-6(10)5(2)15(14-4)9-7(16(17)18)8(11)12-3-13-9/h3H,1-2H3,(H2,11,12,13). The zero-order valence-corrected chi connectivity index (χ0v) is 10.3. The van der Waals surface area contributed by atoms with Crippen molar-refractivity contribution in [3.05, 3.63) is 32.9 Å². The van der Waals surface area contributed by atoms with Gasteiger partial charge in [-0.15, -0.1) is 0 Å². The van der Waals surface area contributed by atoms with Crippen LogP contribution in [0, 0.1) is 24.0 Å². The van der Waals surface area contributed by atoms with Gasteiger partial charge in [0.1, 0.15) is 6.33 Å². The number of aryl methyl sites for hydroxylation is 1. The van der Waals surface area contributed by atoms with Crippen LogP contribution in [-0.4, -0.2) is 24.7 Å². The summed E-state index contributed by atoms with van der Waals surface area (Å²) in [4.78, 5) is 17.8. The van der Waals surface area contributed by atoms with Crippen LogP contribution in [0.5, 0.6) is 0 Å². The summed E-state index contributed by atoms with van der Waals surface area (Å²) in [5.41, 5.74) is 6.21. The highest BCUT2D eigenvalue weighted by atomic mass is 35.5. The molecule has 94 valence electrons. The maximum Gasteiger partial charge on any atom is 0.355 e. The lowest BCUT2D eigenvalue weighted by molar-refractivity contribution is -0.384. The van der Waals surface area contributed by atoms with Crippen LogP contribution in [0.1, 0.15) is 11.4 Å². The van der Waals surface area contributed by atoms with Gasteiger partial charge in [-0.3, -0.25) is 10.1 Å². The van der Waals surface area contributed by atoms with Gasteiger partial charge in [0.15, 0.2) is 0 Å². The van der Waals surface area contributed by atoms with Gasteiger partial charge in [-0.2, -0.15) is 5.10 Å². The van der Waals surface area contributed by atoms with Crippen molar-refractivity contribution < 1.29 is 4.92 Å². The van der Waals surface area contributed by atoms with Crippen LogP contribution in [0.25, 0.3) is 5.82 Å². The van der Waals surface area contributed by atoms with Crippen LogP contribution in [0.3, 0.4) is 0 Å². The van der Waals surface area contributed by atoms with E-state index in [1.54, 1.807) is 13.8 Å². The van der Waals surface area contributed by atoms with Crippen molar-refractivity contribution in [3.63, 3.8) is 0 Å². The SMILES string of the molecule is Cc1nn(-c2ncnc(N)c2[N+](=O)[O-])c(C)c1Cl. The molecule has 0 saturated carbocycles. The molecule has 0 unspecified atom stereocenters. The van der Waals surface area contributed by atoms with Gasteiger partial charge >= 0.3 is 5.69 Å². The van der Waals surface area contributed by atoms with Crippen LogP contribution < -0.4 is 5.73 Å². The Hall–Kier alpha value is -2.22. The number of nitrogens with zero attached hydrogens (tertiary/aromatic N) is 5. The highest BCUT2D eigenvalue weighted by molar-refractivity contribution is 6.31. The number of rotatable bonds is 2. The number of nitrogens with two attached hydrogens (primary N) is 1. The molecule has 2 N–H and O–H groups in total. The van der Waals surface area contributed by atoms with Gasteiger partial charge in [0.2, 0.25) is 11.6 Å². The summed E-state index contributed by atoms with van der Waals surface area (Å²) >= 11 is 5.99. The molecule has 0 amide bonds. The largest absolute Gasteiger partial charge is 0.378 e. The van der Waals surface area contributed by atoms with E-state index in [0.29, 0.717) is 16.4 Å². The fourth-order valence-electron chi connectivity index (χ4n) is 1.54. The van der Waals surface area contributed by atoms with Gasteiger partial charge in [-0.05, 0) is 13.8 Å². The Labute approximate surface area is 107 Å². The molecule has 0 aliphatic carbocycles. The molecule has 2 aromatic heterocycles. The quantitative estimate of drug-likeness (QED) is 0.651. The van der Waals surface area contributed by atoms with Crippen LogP contribution in [0.2, 0.25) is 5.02 Å². The van der Waals surface area contributed by atoms with E-state index in [4.69, 9.17) is 17.3 Å². The second kappa shape index (κ2) is 4.22. The molecule has 0 fully saturated rings. The summed E-state index contributed by atoms with van der Waals surface area (Å²) in [6.07, 6.45) is 1.14. The monoisotopic (exact) mass is 268 g/mol. The maximum absolute atomic E-state index is 11.0. The van der Waals surface area contributed by atoms with E-state index in [0.717, 1.165) is 6.33 Å². The third kappa shape index (κ3) is 1.76. The zero-order valence-electron chi connectivity index (χ0n) is 9.59. The Morgan fingerprint density at radius 3 is 2.61 bits per heavy atom. The summed E-state index contributed by atoms with van der Waals surface area (Å²) in [6, 6.07) is 0. The van der Waals surface area contributed by atoms with Crippen molar-refractivity contribution in [1.29, 1.82) is 0 Å². The zero-order chi connectivity index (χ0) is 13.4. The predicted octanol–water partition coefficient (Wildman–Crippen LogP) is 1.42. The summed E-state index contributed by atoms with van der Waals surface area (Å²) in [5, 5.41) is 15.5. The number of aromatic nitrogens is 4. The first-order chi connectivity index (χ1) is 8.43. The summed E-state index contributed by atoms with van der Waals surface area (Å²) in [6.45, 7) is 3.38. The molecule has 18 heavy (non-hydrogen) atoms. The second-order valence-corrected chi connectivity index (χ2v) is 3.96. The van der Waals surface area contributed by atoms with Crippen LogP contribution in [0.15, 0.2) is 6.33 Å². The van der Waals surface area contributed by atoms with Gasteiger partial charge in [0, 0.05) is 0 Å². The number of anilines is 1. The highest BCUT2D eigenvalue weighted by Crippen LogP contribution is 2.28. The first-order valence-corrected chi connectivity index (χ1v) is 5.28. The van der Waals surface area contributed by atoms with Crippen molar-refractivity contribution in [1.82, 2.24) is 19.7 Å². The van der Waals surface area contributed by atoms with E-state index in [-0.39, 0.29) is 17.3 Å². The van der Waals surface area contributed by atoms with Crippen molar-refractivity contribution >= 4 is 23.1 Å². The minimum Gasteiger partial charge on any atom is -0.378 e. The molecule has 0 aliphatic rings. The van der Waals surface area contributed by atoms with Gasteiger partial charge in [0.05, 0.1) is 21.3 Å². The molecule has 2 aromatic rings. The molecule has 2 rings (SSSR count). The minimum absolute atomic E-state index is 0.000000000000000444. The third-order valence-electron chi connectivity index (χ3n) is 2.42. The number of nitrogen functional groups attached to an aromatic ring is 1. The smallest absolute Gasteiger partial charge is 0.355 e. The minimum atomic E-state index is -0.644. The van der Waals surface area contributed by atoms with Crippen molar-refractivity contribution in [3.8, 4) is 5.82 Å². The molecule has 2 heterocycles. The van der Waals surface area contributed by atoms with E-state index in [2.05, 4.69) is 15.1 Å². The Morgan fingerprint density at radius 1 is 1.44 bits per heavy atom. The van der Waals surface area contributed by atoms with Gasteiger partial charge in [-0.1, -0.05) is 11.6 Å². The highest BCUT2D eigenvalue weighted by Gasteiger charge is 2.25. The lowest BCUT2D eigenvalue weighted by atomic mass is 10.4. The molecule has 0 aromatic carbocycles. The molecule has 9 heteroatoms.